The van der Waals surface area contributed by atoms with Crippen LogP contribution in [0.5, 0.6) is 0 Å². The van der Waals surface area contributed by atoms with Crippen LogP contribution >= 0.6 is 0 Å². The lowest BCUT2D eigenvalue weighted by Gasteiger charge is -2.29. The van der Waals surface area contributed by atoms with Crippen LogP contribution in [0.4, 0.5) is 0 Å². The van der Waals surface area contributed by atoms with E-state index in [0.717, 1.165) is 6.54 Å². The smallest absolute Gasteiger partial charge is 0.116 e. The van der Waals surface area contributed by atoms with Gasteiger partial charge in [-0.2, -0.15) is 0 Å². The summed E-state index contributed by atoms with van der Waals surface area (Å²) in [6.07, 6.45) is 3.72. The van der Waals surface area contributed by atoms with Gasteiger partial charge in [-0.25, -0.2) is 0 Å². The Kier molecular flexibility index (Phi) is 2.68. The Balaban J connectivity index is 2.38. The van der Waals surface area contributed by atoms with Crippen LogP contribution in [0.2, 0.25) is 0 Å². The Morgan fingerprint density at radius 2 is 2.10 bits per heavy atom. The molecule has 0 radical (unpaired) electrons. The van der Waals surface area contributed by atoms with Crippen molar-refractivity contribution in [3.8, 4) is 0 Å². The van der Waals surface area contributed by atoms with Crippen molar-refractivity contribution in [2.45, 2.75) is 0 Å². The molecule has 0 atom stereocenters. The lowest BCUT2D eigenvalue weighted by Crippen LogP contribution is -2.39. The Morgan fingerprint density at radius 1 is 1.30 bits per heavy atom. The zero-order valence-corrected chi connectivity index (χ0v) is 5.77. The minimum absolute atomic E-state index is 0.00694. The average molecular weight is 144 g/mol. The summed E-state index contributed by atoms with van der Waals surface area (Å²) >= 11 is 0. The molecule has 0 aromatic heterocycles. The van der Waals surface area contributed by atoms with Crippen LogP contribution in [0.1, 0.15) is 0 Å². The molecule has 0 unspecified atom stereocenters. The quantitative estimate of drug-likeness (QED) is 0.520. The molecule has 1 aliphatic heterocycles. The second-order valence-electron chi connectivity index (χ2n) is 2.25. The highest BCUT2D eigenvalue weighted by molar-refractivity contribution is 4.88. The highest BCUT2D eigenvalue weighted by Gasteiger charge is 2.08. The number of nitrogens with zero attached hydrogens (tertiary/aromatic N) is 2. The predicted molar refractivity (Wildman–Crippen MR) is 36.7 cm³/mol. The summed E-state index contributed by atoms with van der Waals surface area (Å²) < 4.78 is 0. The Morgan fingerprint density at radius 3 is 2.70 bits per heavy atom. The largest absolute Gasteiger partial charge is 0.381 e. The van der Waals surface area contributed by atoms with Gasteiger partial charge in [-0.15, -0.1) is 0 Å². The van der Waals surface area contributed by atoms with Crippen LogP contribution in [0.25, 0.3) is 0 Å². The summed E-state index contributed by atoms with van der Waals surface area (Å²) in [7, 11) is 0. The van der Waals surface area contributed by atoms with E-state index in [2.05, 4.69) is 0 Å². The molecular weight excluding hydrogens is 132 g/mol. The van der Waals surface area contributed by atoms with E-state index in [-0.39, 0.29) is 13.5 Å². The van der Waals surface area contributed by atoms with E-state index in [9.17, 15) is 0 Å². The van der Waals surface area contributed by atoms with Gasteiger partial charge in [0.05, 0.1) is 13.4 Å². The lowest BCUT2D eigenvalue weighted by molar-refractivity contribution is 0.0330. The fourth-order valence-electron chi connectivity index (χ4n) is 0.901. The number of aliphatic hydroxyl groups is 2. The van der Waals surface area contributed by atoms with Crippen LogP contribution in [0.3, 0.4) is 0 Å². The van der Waals surface area contributed by atoms with Crippen molar-refractivity contribution in [3.63, 3.8) is 0 Å². The second kappa shape index (κ2) is 3.55. The minimum atomic E-state index is 0.00694. The van der Waals surface area contributed by atoms with Crippen molar-refractivity contribution < 1.29 is 10.2 Å². The van der Waals surface area contributed by atoms with Gasteiger partial charge in [-0.1, -0.05) is 6.08 Å². The van der Waals surface area contributed by atoms with Crippen LogP contribution in [0, 0.1) is 0 Å². The summed E-state index contributed by atoms with van der Waals surface area (Å²) in [6, 6.07) is 0. The molecule has 0 spiro atoms. The summed E-state index contributed by atoms with van der Waals surface area (Å²) in [5.74, 6) is 0. The molecule has 0 saturated heterocycles. The van der Waals surface area contributed by atoms with Gasteiger partial charge in [-0.05, 0) is 6.20 Å². The van der Waals surface area contributed by atoms with Gasteiger partial charge in [0.2, 0.25) is 0 Å². The number of rotatable bonds is 2. The summed E-state index contributed by atoms with van der Waals surface area (Å²) in [6.45, 7) is 1.41. The summed E-state index contributed by atoms with van der Waals surface area (Å²) in [5.41, 5.74) is 0. The molecule has 1 aliphatic rings. The van der Waals surface area contributed by atoms with Gasteiger partial charge in [0, 0.05) is 6.54 Å². The Labute approximate surface area is 60.0 Å². The zero-order valence-electron chi connectivity index (χ0n) is 5.77. The van der Waals surface area contributed by atoms with Crippen LogP contribution < -0.4 is 0 Å². The third-order valence-corrected chi connectivity index (χ3v) is 1.44. The first kappa shape index (κ1) is 7.53. The standard InChI is InChI=1S/C6H12N2O2/c9-5-7-2-1-3-8(4-7)6-10/h1-2,9-10H,3-6H2. The molecule has 0 aromatic rings. The van der Waals surface area contributed by atoms with Crippen molar-refractivity contribution >= 4 is 0 Å². The van der Waals surface area contributed by atoms with Gasteiger partial charge in [-0.3, -0.25) is 4.90 Å². The first-order valence-electron chi connectivity index (χ1n) is 3.21. The van der Waals surface area contributed by atoms with Crippen molar-refractivity contribution in [3.05, 3.63) is 12.3 Å². The highest BCUT2D eigenvalue weighted by Crippen LogP contribution is 1.99. The van der Waals surface area contributed by atoms with E-state index in [1.807, 2.05) is 12.3 Å². The molecule has 2 N–H and O–H groups in total. The molecule has 4 heteroatoms. The van der Waals surface area contributed by atoms with Crippen molar-refractivity contribution in [2.24, 2.45) is 0 Å². The number of hydrogen-bond donors (Lipinski definition) is 2. The van der Waals surface area contributed by atoms with E-state index in [1.165, 1.54) is 0 Å². The molecule has 4 nitrogen and oxygen atoms in total. The van der Waals surface area contributed by atoms with E-state index in [1.54, 1.807) is 9.80 Å². The van der Waals surface area contributed by atoms with E-state index in [0.29, 0.717) is 6.67 Å². The van der Waals surface area contributed by atoms with E-state index < -0.39 is 0 Å². The van der Waals surface area contributed by atoms with Crippen LogP contribution in [0.15, 0.2) is 12.3 Å². The topological polar surface area (TPSA) is 46.9 Å². The molecular formula is C6H12N2O2. The molecule has 0 aromatic carbocycles. The Bertz CT molecular complexity index is 127. The van der Waals surface area contributed by atoms with Crippen molar-refractivity contribution in [1.82, 2.24) is 9.80 Å². The van der Waals surface area contributed by atoms with Crippen molar-refractivity contribution in [1.29, 1.82) is 0 Å². The van der Waals surface area contributed by atoms with Crippen LogP contribution in [-0.4, -0.2) is 46.7 Å². The third-order valence-electron chi connectivity index (χ3n) is 1.44. The predicted octanol–water partition coefficient (Wildman–Crippen LogP) is -1.03. The maximum absolute atomic E-state index is 8.69. The van der Waals surface area contributed by atoms with Crippen LogP contribution in [-0.2, 0) is 0 Å². The molecule has 0 amide bonds. The SMILES string of the molecule is OCN1C=CCN(CO)C1. The van der Waals surface area contributed by atoms with Gasteiger partial charge in [0.25, 0.3) is 0 Å². The molecule has 0 bridgehead atoms. The highest BCUT2D eigenvalue weighted by atomic mass is 16.3. The number of hydrogen-bond acceptors (Lipinski definition) is 4. The maximum atomic E-state index is 8.69. The van der Waals surface area contributed by atoms with Gasteiger partial charge < -0.3 is 15.1 Å². The fraction of sp³-hybridized carbons (Fsp3) is 0.667. The summed E-state index contributed by atoms with van der Waals surface area (Å²) in [5, 5.41) is 17.4. The molecule has 0 saturated carbocycles. The van der Waals surface area contributed by atoms with Gasteiger partial charge in [0.1, 0.15) is 6.73 Å². The molecule has 1 heterocycles. The average Bonchev–Trinajstić information content (AvgIpc) is 2.05. The van der Waals surface area contributed by atoms with Crippen molar-refractivity contribution in [2.75, 3.05) is 26.7 Å². The first-order valence-corrected chi connectivity index (χ1v) is 3.21. The second-order valence-corrected chi connectivity index (χ2v) is 2.25. The normalized spacial score (nSPS) is 20.0. The first-order chi connectivity index (χ1) is 4.86. The van der Waals surface area contributed by atoms with E-state index >= 15 is 0 Å². The monoisotopic (exact) mass is 144 g/mol. The summed E-state index contributed by atoms with van der Waals surface area (Å²) in [4.78, 5) is 3.51. The maximum Gasteiger partial charge on any atom is 0.116 e. The molecule has 10 heavy (non-hydrogen) atoms. The molecule has 1 rings (SSSR count). The Hall–Kier alpha value is -0.580. The molecule has 58 valence electrons. The zero-order chi connectivity index (χ0) is 7.40. The minimum Gasteiger partial charge on any atom is -0.381 e. The molecule has 0 aliphatic carbocycles. The lowest BCUT2D eigenvalue weighted by atomic mass is 10.4. The third kappa shape index (κ3) is 1.70. The van der Waals surface area contributed by atoms with Gasteiger partial charge in [0.15, 0.2) is 0 Å². The fourth-order valence-corrected chi connectivity index (χ4v) is 0.901. The van der Waals surface area contributed by atoms with Gasteiger partial charge >= 0.3 is 0 Å². The van der Waals surface area contributed by atoms with E-state index in [4.69, 9.17) is 10.2 Å². The number of aliphatic hydroxyl groups excluding tert-OH is 2. The molecule has 0 fully saturated rings.